The van der Waals surface area contributed by atoms with Crippen LogP contribution in [0.25, 0.3) is 0 Å². The van der Waals surface area contributed by atoms with Crippen molar-refractivity contribution in [3.63, 3.8) is 0 Å². The molecule has 1 atom stereocenters. The third-order valence-corrected chi connectivity index (χ3v) is 5.59. The van der Waals surface area contributed by atoms with E-state index < -0.39 is 10.1 Å². The Kier molecular flexibility index (Phi) is 5.96. The number of ether oxygens (including phenoxy) is 1. The number of ketones is 1. The molecule has 3 rings (SSSR count). The molecule has 5 nitrogen and oxygen atoms in total. The van der Waals surface area contributed by atoms with Gasteiger partial charge in [0, 0.05) is 22.8 Å². The Bertz CT molecular complexity index is 854. The molecule has 0 radical (unpaired) electrons. The second kappa shape index (κ2) is 8.20. The van der Waals surface area contributed by atoms with E-state index >= 15 is 0 Å². The number of rotatable bonds is 6. The zero-order valence-corrected chi connectivity index (χ0v) is 15.6. The summed E-state index contributed by atoms with van der Waals surface area (Å²) in [5.41, 5.74) is 0.942. The minimum Gasteiger partial charge on any atom is -0.382 e. The molecule has 0 saturated carbocycles. The number of hydrogen-bond donors (Lipinski definition) is 0. The molecule has 1 unspecified atom stereocenters. The molecular weight excluding hydrogens is 376 g/mol. The SMILES string of the molecule is O=C(c1ccc(Cl)cc1)c1ccc(OS(=O)(=O)CC2CCCCO2)cc1. The van der Waals surface area contributed by atoms with E-state index in [1.807, 2.05) is 0 Å². The molecule has 2 aromatic carbocycles. The average Bonchev–Trinajstić information content (AvgIpc) is 2.62. The van der Waals surface area contributed by atoms with Crippen molar-refractivity contribution in [2.24, 2.45) is 0 Å². The number of carbonyl (C=O) groups excluding carboxylic acids is 1. The highest BCUT2D eigenvalue weighted by Gasteiger charge is 2.23. The van der Waals surface area contributed by atoms with E-state index in [-0.39, 0.29) is 23.4 Å². The maximum atomic E-state index is 12.4. The first kappa shape index (κ1) is 18.9. The summed E-state index contributed by atoms with van der Waals surface area (Å²) in [6, 6.07) is 12.6. The summed E-state index contributed by atoms with van der Waals surface area (Å²) in [6.07, 6.45) is 2.32. The predicted molar refractivity (Wildman–Crippen MR) is 99.3 cm³/mol. The summed E-state index contributed by atoms with van der Waals surface area (Å²) in [6.45, 7) is 0.585. The lowest BCUT2D eigenvalue weighted by atomic mass is 10.0. The minimum absolute atomic E-state index is 0.168. The molecule has 1 aliphatic heterocycles. The van der Waals surface area contributed by atoms with Crippen LogP contribution in [0.2, 0.25) is 5.02 Å². The topological polar surface area (TPSA) is 69.7 Å². The van der Waals surface area contributed by atoms with Gasteiger partial charge in [-0.25, -0.2) is 0 Å². The summed E-state index contributed by atoms with van der Waals surface area (Å²) >= 11 is 5.82. The van der Waals surface area contributed by atoms with Gasteiger partial charge in [0.1, 0.15) is 11.5 Å². The Balaban J connectivity index is 1.65. The lowest BCUT2D eigenvalue weighted by molar-refractivity contribution is 0.0298. The summed E-state index contributed by atoms with van der Waals surface area (Å²) in [5, 5.41) is 0.553. The van der Waals surface area contributed by atoms with Gasteiger partial charge < -0.3 is 8.92 Å². The van der Waals surface area contributed by atoms with Crippen molar-refractivity contribution < 1.29 is 22.1 Å². The van der Waals surface area contributed by atoms with Crippen LogP contribution in [-0.2, 0) is 14.9 Å². The second-order valence-electron chi connectivity index (χ2n) is 6.16. The fourth-order valence-corrected chi connectivity index (χ4v) is 4.09. The normalized spacial score (nSPS) is 17.7. The molecular formula is C19H19ClO5S. The van der Waals surface area contributed by atoms with Crippen molar-refractivity contribution in [3.05, 3.63) is 64.7 Å². The van der Waals surface area contributed by atoms with Crippen molar-refractivity contribution in [1.82, 2.24) is 0 Å². The number of halogens is 1. The Morgan fingerprint density at radius 1 is 1.04 bits per heavy atom. The first-order valence-corrected chi connectivity index (χ1v) is 10.3. The number of carbonyl (C=O) groups is 1. The standard InChI is InChI=1S/C19H19ClO5S/c20-16-8-4-14(5-9-16)19(21)15-6-10-17(11-7-15)25-26(22,23)13-18-3-1-2-12-24-18/h4-11,18H,1-3,12-13H2. The van der Waals surface area contributed by atoms with Gasteiger partial charge >= 0.3 is 10.1 Å². The Hall–Kier alpha value is -1.89. The van der Waals surface area contributed by atoms with Gasteiger partial charge in [0.2, 0.25) is 0 Å². The van der Waals surface area contributed by atoms with Gasteiger partial charge in [0.15, 0.2) is 5.78 Å². The molecule has 0 bridgehead atoms. The third kappa shape index (κ3) is 5.06. The van der Waals surface area contributed by atoms with Crippen LogP contribution >= 0.6 is 11.6 Å². The van der Waals surface area contributed by atoms with E-state index in [2.05, 4.69) is 0 Å². The van der Waals surface area contributed by atoms with E-state index in [0.29, 0.717) is 22.8 Å². The summed E-state index contributed by atoms with van der Waals surface area (Å²) in [7, 11) is -3.75. The predicted octanol–water partition coefficient (Wildman–Crippen LogP) is 3.85. The van der Waals surface area contributed by atoms with Crippen LogP contribution in [0, 0.1) is 0 Å². The summed E-state index contributed by atoms with van der Waals surface area (Å²) in [5.74, 6) is -0.168. The van der Waals surface area contributed by atoms with Gasteiger partial charge in [0.25, 0.3) is 0 Å². The molecule has 1 fully saturated rings. The minimum atomic E-state index is -3.75. The van der Waals surface area contributed by atoms with E-state index in [9.17, 15) is 13.2 Å². The Morgan fingerprint density at radius 2 is 1.65 bits per heavy atom. The highest BCUT2D eigenvalue weighted by molar-refractivity contribution is 7.87. The lowest BCUT2D eigenvalue weighted by Crippen LogP contribution is -2.29. The lowest BCUT2D eigenvalue weighted by Gasteiger charge is -2.22. The van der Waals surface area contributed by atoms with Crippen molar-refractivity contribution >= 4 is 27.5 Å². The zero-order chi connectivity index (χ0) is 18.6. The van der Waals surface area contributed by atoms with Crippen molar-refractivity contribution in [2.45, 2.75) is 25.4 Å². The molecule has 2 aromatic rings. The largest absolute Gasteiger partial charge is 0.382 e. The second-order valence-corrected chi connectivity index (χ2v) is 8.21. The maximum Gasteiger partial charge on any atom is 0.311 e. The van der Waals surface area contributed by atoms with Gasteiger partial charge in [0.05, 0.1) is 6.10 Å². The zero-order valence-electron chi connectivity index (χ0n) is 14.1. The molecule has 0 spiro atoms. The van der Waals surface area contributed by atoms with Crippen LogP contribution in [0.4, 0.5) is 0 Å². The van der Waals surface area contributed by atoms with Crippen LogP contribution < -0.4 is 4.18 Å². The fourth-order valence-electron chi connectivity index (χ4n) is 2.78. The number of hydrogen-bond acceptors (Lipinski definition) is 5. The van der Waals surface area contributed by atoms with Gasteiger partial charge in [-0.15, -0.1) is 0 Å². The van der Waals surface area contributed by atoms with Gasteiger partial charge in [-0.2, -0.15) is 8.42 Å². The van der Waals surface area contributed by atoms with Gasteiger partial charge in [-0.1, -0.05) is 11.6 Å². The summed E-state index contributed by atoms with van der Waals surface area (Å²) in [4.78, 5) is 12.4. The number of benzene rings is 2. The maximum absolute atomic E-state index is 12.4. The van der Waals surface area contributed by atoms with E-state index in [1.165, 1.54) is 12.1 Å². The molecule has 1 aliphatic rings. The molecule has 0 aromatic heterocycles. The van der Waals surface area contributed by atoms with E-state index in [4.69, 9.17) is 20.5 Å². The van der Waals surface area contributed by atoms with Crippen molar-refractivity contribution in [2.75, 3.05) is 12.4 Å². The van der Waals surface area contributed by atoms with Crippen molar-refractivity contribution in [3.8, 4) is 5.75 Å². The molecule has 138 valence electrons. The van der Waals surface area contributed by atoms with Crippen LogP contribution in [0.1, 0.15) is 35.2 Å². The average molecular weight is 395 g/mol. The fraction of sp³-hybridized carbons (Fsp3) is 0.316. The Labute approximate surface area is 158 Å². The van der Waals surface area contributed by atoms with Crippen molar-refractivity contribution in [1.29, 1.82) is 0 Å². The van der Waals surface area contributed by atoms with Crippen LogP contribution in [0.3, 0.4) is 0 Å². The van der Waals surface area contributed by atoms with Crippen LogP contribution in [0.15, 0.2) is 48.5 Å². The third-order valence-electron chi connectivity index (χ3n) is 4.11. The molecule has 26 heavy (non-hydrogen) atoms. The van der Waals surface area contributed by atoms with Crippen LogP contribution in [0.5, 0.6) is 5.75 Å². The highest BCUT2D eigenvalue weighted by Crippen LogP contribution is 2.20. The Morgan fingerprint density at radius 3 is 2.23 bits per heavy atom. The van der Waals surface area contributed by atoms with Gasteiger partial charge in [-0.3, -0.25) is 4.79 Å². The van der Waals surface area contributed by atoms with E-state index in [0.717, 1.165) is 19.3 Å². The smallest absolute Gasteiger partial charge is 0.311 e. The highest BCUT2D eigenvalue weighted by atomic mass is 35.5. The van der Waals surface area contributed by atoms with Gasteiger partial charge in [-0.05, 0) is 67.8 Å². The monoisotopic (exact) mass is 394 g/mol. The summed E-state index contributed by atoms with van der Waals surface area (Å²) < 4.78 is 34.9. The molecule has 1 saturated heterocycles. The quantitative estimate of drug-likeness (QED) is 0.549. The van der Waals surface area contributed by atoms with E-state index in [1.54, 1.807) is 36.4 Å². The first-order valence-electron chi connectivity index (χ1n) is 8.37. The first-order chi connectivity index (χ1) is 12.4. The molecule has 1 heterocycles. The molecule has 7 heteroatoms. The molecule has 0 aliphatic carbocycles. The molecule has 0 amide bonds. The molecule has 0 N–H and O–H groups in total. The van der Waals surface area contributed by atoms with Crippen LogP contribution in [-0.4, -0.2) is 32.7 Å².